The van der Waals surface area contributed by atoms with E-state index in [4.69, 9.17) is 0 Å². The van der Waals surface area contributed by atoms with E-state index in [0.29, 0.717) is 0 Å². The van der Waals surface area contributed by atoms with Gasteiger partial charge in [0.1, 0.15) is 0 Å². The first-order chi connectivity index (χ1) is 12.7. The number of piperazine rings is 2. The van der Waals surface area contributed by atoms with Gasteiger partial charge in [0.25, 0.3) is 0 Å². The molecule has 2 N–H and O–H groups in total. The summed E-state index contributed by atoms with van der Waals surface area (Å²) in [5.74, 6) is 0. The molecule has 2 heterocycles. The average Bonchev–Trinajstić information content (AvgIpc) is 2.71. The van der Waals surface area contributed by atoms with E-state index in [2.05, 4.69) is 82.8 Å². The van der Waals surface area contributed by atoms with Gasteiger partial charge >= 0.3 is 0 Å². The molecule has 0 unspecified atom stereocenters. The summed E-state index contributed by atoms with van der Waals surface area (Å²) < 4.78 is 0. The summed E-state index contributed by atoms with van der Waals surface area (Å²) >= 11 is 0. The van der Waals surface area contributed by atoms with Crippen LogP contribution in [0.5, 0.6) is 0 Å². The number of nitrogens with zero attached hydrogens (tertiary/aromatic N) is 2. The zero-order chi connectivity index (χ0) is 18.2. The third-order valence-corrected chi connectivity index (χ3v) is 5.03. The van der Waals surface area contributed by atoms with Crippen LogP contribution in [0.25, 0.3) is 0 Å². The van der Waals surface area contributed by atoms with Crippen molar-refractivity contribution in [3.63, 3.8) is 0 Å². The summed E-state index contributed by atoms with van der Waals surface area (Å²) in [4.78, 5) is 4.85. The molecule has 0 spiro atoms. The van der Waals surface area contributed by atoms with Gasteiger partial charge in [-0.1, -0.05) is 35.4 Å². The van der Waals surface area contributed by atoms with Gasteiger partial charge in [0.15, 0.2) is 0 Å². The molecule has 0 atom stereocenters. The number of anilines is 2. The first-order valence-electron chi connectivity index (χ1n) is 9.77. The number of nitrogens with one attached hydrogen (secondary N) is 2. The average molecular weight is 353 g/mol. The highest BCUT2D eigenvalue weighted by Crippen LogP contribution is 2.15. The van der Waals surface area contributed by atoms with E-state index < -0.39 is 0 Å². The Morgan fingerprint density at radius 1 is 0.538 bits per heavy atom. The van der Waals surface area contributed by atoms with Crippen LogP contribution in [0.4, 0.5) is 11.4 Å². The molecule has 2 saturated heterocycles. The highest BCUT2D eigenvalue weighted by atomic mass is 15.2. The van der Waals surface area contributed by atoms with Crippen molar-refractivity contribution in [3.05, 3.63) is 59.7 Å². The van der Waals surface area contributed by atoms with Crippen molar-refractivity contribution in [2.45, 2.75) is 13.8 Å². The van der Waals surface area contributed by atoms with E-state index >= 15 is 0 Å². The molecular formula is C22H32N4. The van der Waals surface area contributed by atoms with E-state index in [-0.39, 0.29) is 0 Å². The molecule has 2 aliphatic rings. The molecule has 4 rings (SSSR count). The molecule has 0 saturated carbocycles. The third-order valence-electron chi connectivity index (χ3n) is 5.03. The van der Waals surface area contributed by atoms with Crippen molar-refractivity contribution in [1.29, 1.82) is 0 Å². The molecule has 0 aliphatic carbocycles. The number of hydrogen-bond acceptors (Lipinski definition) is 4. The van der Waals surface area contributed by atoms with Gasteiger partial charge in [-0.05, 0) is 38.1 Å². The molecule has 4 heteroatoms. The van der Waals surface area contributed by atoms with E-state index in [1.807, 2.05) is 0 Å². The topological polar surface area (TPSA) is 30.5 Å². The van der Waals surface area contributed by atoms with Gasteiger partial charge in [-0.15, -0.1) is 0 Å². The lowest BCUT2D eigenvalue weighted by atomic mass is 10.2. The highest BCUT2D eigenvalue weighted by Gasteiger charge is 2.10. The van der Waals surface area contributed by atoms with E-state index in [1.165, 1.54) is 22.5 Å². The summed E-state index contributed by atoms with van der Waals surface area (Å²) in [6, 6.07) is 17.5. The fourth-order valence-electron chi connectivity index (χ4n) is 3.36. The second kappa shape index (κ2) is 9.60. The predicted octanol–water partition coefficient (Wildman–Crippen LogP) is 2.81. The molecule has 2 fully saturated rings. The number of aryl methyl sites for hydroxylation is 2. The first kappa shape index (κ1) is 18.7. The van der Waals surface area contributed by atoms with Gasteiger partial charge in [0.05, 0.1) is 0 Å². The Labute approximate surface area is 158 Å². The monoisotopic (exact) mass is 352 g/mol. The smallest absolute Gasteiger partial charge is 0.0367 e. The molecule has 0 radical (unpaired) electrons. The van der Waals surface area contributed by atoms with Gasteiger partial charge in [-0.2, -0.15) is 0 Å². The Hall–Kier alpha value is -2.04. The molecule has 140 valence electrons. The van der Waals surface area contributed by atoms with Crippen molar-refractivity contribution < 1.29 is 0 Å². The van der Waals surface area contributed by atoms with Gasteiger partial charge < -0.3 is 20.4 Å². The third kappa shape index (κ3) is 5.48. The van der Waals surface area contributed by atoms with Gasteiger partial charge in [-0.25, -0.2) is 0 Å². The standard InChI is InChI=1S/2C11H16N2/c2*1-10-2-4-11(5-3-10)13-8-6-12-7-9-13/h2*2-5,12H,6-9H2,1H3. The Kier molecular flexibility index (Phi) is 6.92. The Balaban J connectivity index is 0.000000151. The van der Waals surface area contributed by atoms with Crippen LogP contribution in [0, 0.1) is 13.8 Å². The lowest BCUT2D eigenvalue weighted by Gasteiger charge is -2.29. The molecule has 4 nitrogen and oxygen atoms in total. The molecule has 0 aromatic heterocycles. The lowest BCUT2D eigenvalue weighted by Crippen LogP contribution is -2.43. The minimum Gasteiger partial charge on any atom is -0.369 e. The fraction of sp³-hybridized carbons (Fsp3) is 0.455. The van der Waals surface area contributed by atoms with Gasteiger partial charge in [0.2, 0.25) is 0 Å². The van der Waals surface area contributed by atoms with Crippen molar-refractivity contribution in [2.24, 2.45) is 0 Å². The maximum Gasteiger partial charge on any atom is 0.0367 e. The molecular weight excluding hydrogens is 320 g/mol. The summed E-state index contributed by atoms with van der Waals surface area (Å²) in [5, 5.41) is 6.71. The maximum atomic E-state index is 3.35. The molecule has 0 amide bonds. The van der Waals surface area contributed by atoms with E-state index in [1.54, 1.807) is 0 Å². The maximum absolute atomic E-state index is 3.35. The van der Waals surface area contributed by atoms with E-state index in [9.17, 15) is 0 Å². The van der Waals surface area contributed by atoms with Crippen molar-refractivity contribution in [3.8, 4) is 0 Å². The second-order valence-electron chi connectivity index (χ2n) is 7.15. The zero-order valence-electron chi connectivity index (χ0n) is 16.2. The minimum absolute atomic E-state index is 1.11. The molecule has 2 aliphatic heterocycles. The fourth-order valence-corrected chi connectivity index (χ4v) is 3.36. The van der Waals surface area contributed by atoms with Crippen LogP contribution in [-0.4, -0.2) is 52.4 Å². The highest BCUT2D eigenvalue weighted by molar-refractivity contribution is 5.48. The van der Waals surface area contributed by atoms with Crippen LogP contribution < -0.4 is 20.4 Å². The number of rotatable bonds is 2. The Morgan fingerprint density at radius 3 is 1.15 bits per heavy atom. The molecule has 0 bridgehead atoms. The Morgan fingerprint density at radius 2 is 0.846 bits per heavy atom. The van der Waals surface area contributed by atoms with Crippen molar-refractivity contribution in [1.82, 2.24) is 10.6 Å². The van der Waals surface area contributed by atoms with Gasteiger partial charge in [0, 0.05) is 63.7 Å². The van der Waals surface area contributed by atoms with Crippen LogP contribution >= 0.6 is 0 Å². The summed E-state index contributed by atoms with van der Waals surface area (Å²) in [5.41, 5.74) is 5.37. The van der Waals surface area contributed by atoms with Crippen LogP contribution in [-0.2, 0) is 0 Å². The van der Waals surface area contributed by atoms with Crippen LogP contribution in [0.3, 0.4) is 0 Å². The zero-order valence-corrected chi connectivity index (χ0v) is 16.2. The summed E-state index contributed by atoms with van der Waals surface area (Å²) in [7, 11) is 0. The SMILES string of the molecule is Cc1ccc(N2CCNCC2)cc1.Cc1ccc(N2CCNCC2)cc1. The van der Waals surface area contributed by atoms with Crippen LogP contribution in [0.1, 0.15) is 11.1 Å². The normalized spacial score (nSPS) is 17.5. The predicted molar refractivity (Wildman–Crippen MR) is 113 cm³/mol. The number of benzene rings is 2. The van der Waals surface area contributed by atoms with Crippen molar-refractivity contribution in [2.75, 3.05) is 62.2 Å². The second-order valence-corrected chi connectivity index (χ2v) is 7.15. The minimum atomic E-state index is 1.11. The molecule has 2 aromatic carbocycles. The largest absolute Gasteiger partial charge is 0.369 e. The Bertz CT molecular complexity index is 579. The van der Waals surface area contributed by atoms with Crippen LogP contribution in [0.2, 0.25) is 0 Å². The van der Waals surface area contributed by atoms with Gasteiger partial charge in [-0.3, -0.25) is 0 Å². The first-order valence-corrected chi connectivity index (χ1v) is 9.77. The molecule has 26 heavy (non-hydrogen) atoms. The summed E-state index contributed by atoms with van der Waals surface area (Å²) in [6.45, 7) is 13.2. The van der Waals surface area contributed by atoms with E-state index in [0.717, 1.165) is 52.4 Å². The molecule has 2 aromatic rings. The summed E-state index contributed by atoms with van der Waals surface area (Å²) in [6.07, 6.45) is 0. The van der Waals surface area contributed by atoms with Crippen LogP contribution in [0.15, 0.2) is 48.5 Å². The quantitative estimate of drug-likeness (QED) is 0.870. The van der Waals surface area contributed by atoms with Crippen molar-refractivity contribution >= 4 is 11.4 Å². The lowest BCUT2D eigenvalue weighted by molar-refractivity contribution is 0.589. The number of hydrogen-bond donors (Lipinski definition) is 2.